The van der Waals surface area contributed by atoms with Crippen LogP contribution >= 0.6 is 0 Å². The highest BCUT2D eigenvalue weighted by molar-refractivity contribution is 7.89. The molecule has 0 spiro atoms. The smallest absolute Gasteiger partial charge is 0.254 e. The number of aromatic nitrogens is 3. The van der Waals surface area contributed by atoms with E-state index >= 15 is 0 Å². The summed E-state index contributed by atoms with van der Waals surface area (Å²) in [6.45, 7) is 0. The number of hydrogen-bond donors (Lipinski definition) is 0. The maximum Gasteiger partial charge on any atom is 0.254 e. The first-order valence-electron chi connectivity index (χ1n) is 9.09. The van der Waals surface area contributed by atoms with Crippen molar-refractivity contribution in [3.05, 3.63) is 42.2 Å². The van der Waals surface area contributed by atoms with Crippen molar-refractivity contribution in [3.63, 3.8) is 0 Å². The van der Waals surface area contributed by atoms with E-state index in [-0.39, 0.29) is 28.9 Å². The summed E-state index contributed by atoms with van der Waals surface area (Å²) in [5.41, 5.74) is 0.528. The standard InChI is InChI=1S/C18H23N5O3S/c1-21(2)27(25,26)17-7-3-13(4-8-17)18(24)22-14-5-6-15(22)12-16(11-14)23-19-9-10-20-23/h3-4,7-10,14-16H,5-6,11-12H2,1-2H3. The Morgan fingerprint density at radius 1 is 1.00 bits per heavy atom. The zero-order valence-corrected chi connectivity index (χ0v) is 16.2. The van der Waals surface area contributed by atoms with Crippen molar-refractivity contribution < 1.29 is 13.2 Å². The van der Waals surface area contributed by atoms with Gasteiger partial charge in [-0.3, -0.25) is 4.79 Å². The Morgan fingerprint density at radius 3 is 2.07 bits per heavy atom. The highest BCUT2D eigenvalue weighted by Crippen LogP contribution is 2.41. The summed E-state index contributed by atoms with van der Waals surface area (Å²) in [6.07, 6.45) is 7.04. The van der Waals surface area contributed by atoms with E-state index in [9.17, 15) is 13.2 Å². The average Bonchev–Trinajstić information content (AvgIpc) is 3.28. The summed E-state index contributed by atoms with van der Waals surface area (Å²) < 4.78 is 25.6. The first-order valence-corrected chi connectivity index (χ1v) is 10.5. The SMILES string of the molecule is CN(C)S(=O)(=O)c1ccc(C(=O)N2C3CCC2CC(n2nccn2)C3)cc1. The van der Waals surface area contributed by atoms with Gasteiger partial charge in [0.25, 0.3) is 5.91 Å². The normalized spacial score (nSPS) is 25.1. The number of sulfonamides is 1. The summed E-state index contributed by atoms with van der Waals surface area (Å²) in [7, 11) is -0.512. The number of amides is 1. The molecule has 2 atom stereocenters. The van der Waals surface area contributed by atoms with Crippen LogP contribution in [-0.4, -0.2) is 64.7 Å². The summed E-state index contributed by atoms with van der Waals surface area (Å²) >= 11 is 0. The second-order valence-electron chi connectivity index (χ2n) is 7.38. The second kappa shape index (κ2) is 6.72. The number of rotatable bonds is 4. The van der Waals surface area contributed by atoms with Gasteiger partial charge in [0.05, 0.1) is 23.3 Å². The molecule has 0 saturated carbocycles. The zero-order chi connectivity index (χ0) is 19.2. The van der Waals surface area contributed by atoms with Crippen molar-refractivity contribution in [2.75, 3.05) is 14.1 Å². The van der Waals surface area contributed by atoms with Gasteiger partial charge in [0.15, 0.2) is 0 Å². The van der Waals surface area contributed by atoms with Gasteiger partial charge < -0.3 is 4.90 Å². The second-order valence-corrected chi connectivity index (χ2v) is 9.54. The van der Waals surface area contributed by atoms with Crippen LogP contribution in [0.2, 0.25) is 0 Å². The van der Waals surface area contributed by atoms with Gasteiger partial charge in [-0.15, -0.1) is 0 Å². The maximum atomic E-state index is 13.1. The lowest BCUT2D eigenvalue weighted by Crippen LogP contribution is -2.47. The fourth-order valence-electron chi connectivity index (χ4n) is 4.21. The number of fused-ring (bicyclic) bond motifs is 2. The van der Waals surface area contributed by atoms with Gasteiger partial charge in [-0.05, 0) is 49.9 Å². The van der Waals surface area contributed by atoms with Gasteiger partial charge in [0, 0.05) is 31.7 Å². The summed E-state index contributed by atoms with van der Waals surface area (Å²) in [4.78, 5) is 17.0. The van der Waals surface area contributed by atoms with E-state index in [1.807, 2.05) is 4.90 Å². The highest BCUT2D eigenvalue weighted by Gasteiger charge is 2.44. The largest absolute Gasteiger partial charge is 0.333 e. The Morgan fingerprint density at radius 2 is 1.56 bits per heavy atom. The number of benzene rings is 1. The molecule has 4 rings (SSSR count). The number of carbonyl (C=O) groups is 1. The lowest BCUT2D eigenvalue weighted by Gasteiger charge is -2.38. The first kappa shape index (κ1) is 18.1. The third kappa shape index (κ3) is 3.14. The summed E-state index contributed by atoms with van der Waals surface area (Å²) in [5, 5.41) is 8.51. The molecule has 144 valence electrons. The minimum Gasteiger partial charge on any atom is -0.333 e. The molecule has 0 N–H and O–H groups in total. The van der Waals surface area contributed by atoms with E-state index in [0.717, 1.165) is 30.0 Å². The Bertz CT molecular complexity index is 910. The number of piperidine rings is 1. The van der Waals surface area contributed by atoms with Crippen LogP contribution in [0.3, 0.4) is 0 Å². The third-order valence-electron chi connectivity index (χ3n) is 5.59. The molecule has 2 aromatic rings. The molecule has 1 aromatic heterocycles. The molecule has 3 heterocycles. The fraction of sp³-hybridized carbons (Fsp3) is 0.500. The minimum atomic E-state index is -3.49. The van der Waals surface area contributed by atoms with Crippen LogP contribution in [0.1, 0.15) is 42.1 Å². The van der Waals surface area contributed by atoms with Crippen molar-refractivity contribution >= 4 is 15.9 Å². The Balaban J connectivity index is 1.52. The molecular weight excluding hydrogens is 366 g/mol. The molecular formula is C18H23N5O3S. The van der Waals surface area contributed by atoms with Crippen LogP contribution in [0.5, 0.6) is 0 Å². The van der Waals surface area contributed by atoms with Crippen LogP contribution in [0.25, 0.3) is 0 Å². The average molecular weight is 389 g/mol. The van der Waals surface area contributed by atoms with Crippen LogP contribution in [0, 0.1) is 0 Å². The van der Waals surface area contributed by atoms with Gasteiger partial charge >= 0.3 is 0 Å². The predicted molar refractivity (Wildman–Crippen MR) is 98.6 cm³/mol. The molecule has 2 aliphatic heterocycles. The molecule has 1 aromatic carbocycles. The topological polar surface area (TPSA) is 88.4 Å². The Hall–Kier alpha value is -2.26. The van der Waals surface area contributed by atoms with Gasteiger partial charge in [-0.25, -0.2) is 12.7 Å². The van der Waals surface area contributed by atoms with E-state index in [4.69, 9.17) is 0 Å². The molecule has 2 bridgehead atoms. The van der Waals surface area contributed by atoms with Crippen molar-refractivity contribution in [2.45, 2.75) is 48.7 Å². The molecule has 2 aliphatic rings. The van der Waals surface area contributed by atoms with Crippen molar-refractivity contribution in [3.8, 4) is 0 Å². The minimum absolute atomic E-state index is 0.0248. The van der Waals surface area contributed by atoms with E-state index in [1.54, 1.807) is 29.3 Å². The Kier molecular flexibility index (Phi) is 4.51. The van der Waals surface area contributed by atoms with Gasteiger partial charge in [-0.1, -0.05) is 0 Å². The van der Waals surface area contributed by atoms with Crippen molar-refractivity contribution in [1.29, 1.82) is 0 Å². The van der Waals surface area contributed by atoms with E-state index in [2.05, 4.69) is 10.2 Å². The first-order chi connectivity index (χ1) is 12.9. The molecule has 2 unspecified atom stereocenters. The molecule has 9 heteroatoms. The van der Waals surface area contributed by atoms with Crippen molar-refractivity contribution in [1.82, 2.24) is 24.2 Å². The maximum absolute atomic E-state index is 13.1. The molecule has 0 radical (unpaired) electrons. The molecule has 2 fully saturated rings. The quantitative estimate of drug-likeness (QED) is 0.791. The fourth-order valence-corrected chi connectivity index (χ4v) is 5.11. The monoisotopic (exact) mass is 389 g/mol. The van der Waals surface area contributed by atoms with E-state index in [1.165, 1.54) is 26.2 Å². The molecule has 27 heavy (non-hydrogen) atoms. The summed E-state index contributed by atoms with van der Waals surface area (Å²) in [6, 6.07) is 6.82. The van der Waals surface area contributed by atoms with Gasteiger partial charge in [0.2, 0.25) is 10.0 Å². The van der Waals surface area contributed by atoms with Crippen LogP contribution in [0.4, 0.5) is 0 Å². The van der Waals surface area contributed by atoms with Crippen LogP contribution < -0.4 is 0 Å². The lowest BCUT2D eigenvalue weighted by atomic mass is 9.97. The molecule has 1 amide bonds. The zero-order valence-electron chi connectivity index (χ0n) is 15.4. The highest BCUT2D eigenvalue weighted by atomic mass is 32.2. The van der Waals surface area contributed by atoms with E-state index in [0.29, 0.717) is 5.56 Å². The van der Waals surface area contributed by atoms with Gasteiger partial charge in [-0.2, -0.15) is 15.0 Å². The predicted octanol–water partition coefficient (Wildman–Crippen LogP) is 1.54. The van der Waals surface area contributed by atoms with Crippen LogP contribution in [-0.2, 0) is 10.0 Å². The molecule has 0 aliphatic carbocycles. The Labute approximate surface area is 158 Å². The number of nitrogens with zero attached hydrogens (tertiary/aromatic N) is 5. The van der Waals surface area contributed by atoms with E-state index < -0.39 is 10.0 Å². The summed E-state index contributed by atoms with van der Waals surface area (Å²) in [5.74, 6) is -0.0248. The number of carbonyl (C=O) groups excluding carboxylic acids is 1. The van der Waals surface area contributed by atoms with Crippen molar-refractivity contribution in [2.24, 2.45) is 0 Å². The lowest BCUT2D eigenvalue weighted by molar-refractivity contribution is 0.0512. The van der Waals surface area contributed by atoms with Gasteiger partial charge in [0.1, 0.15) is 0 Å². The molecule has 2 saturated heterocycles. The van der Waals surface area contributed by atoms with Crippen LogP contribution in [0.15, 0.2) is 41.6 Å². The molecule has 8 nitrogen and oxygen atoms in total. The third-order valence-corrected chi connectivity index (χ3v) is 7.42. The number of hydrogen-bond acceptors (Lipinski definition) is 5.